The van der Waals surface area contributed by atoms with Gasteiger partial charge in [0.25, 0.3) is 5.91 Å². The molecule has 36 heavy (non-hydrogen) atoms. The molecule has 0 radical (unpaired) electrons. The lowest BCUT2D eigenvalue weighted by Gasteiger charge is -2.31. The van der Waals surface area contributed by atoms with Crippen molar-refractivity contribution in [2.75, 3.05) is 0 Å². The molecule has 3 aromatic carbocycles. The maximum Gasteiger partial charge on any atom is 0.573 e. The van der Waals surface area contributed by atoms with Crippen molar-refractivity contribution in [1.82, 2.24) is 5.32 Å². The van der Waals surface area contributed by atoms with Gasteiger partial charge in [-0.15, -0.1) is 13.2 Å². The molecule has 1 amide bonds. The summed E-state index contributed by atoms with van der Waals surface area (Å²) in [5, 5.41) is 13.8. The van der Waals surface area contributed by atoms with Crippen molar-refractivity contribution in [3.05, 3.63) is 71.3 Å². The van der Waals surface area contributed by atoms with E-state index >= 15 is 0 Å². The fraction of sp³-hybridized carbons (Fsp3) is 0.333. The van der Waals surface area contributed by atoms with E-state index in [9.17, 15) is 27.9 Å². The summed E-state index contributed by atoms with van der Waals surface area (Å²) in [6, 6.07) is 13.1. The maximum absolute atomic E-state index is 13.3. The minimum atomic E-state index is -4.79. The predicted octanol–water partition coefficient (Wildman–Crippen LogP) is 6.25. The van der Waals surface area contributed by atoms with E-state index in [-0.39, 0.29) is 23.7 Å². The first kappa shape index (κ1) is 26.8. The van der Waals surface area contributed by atoms with Gasteiger partial charge in [-0.05, 0) is 54.0 Å². The molecule has 192 valence electrons. The fourth-order valence-electron chi connectivity index (χ4n) is 3.69. The highest BCUT2D eigenvalue weighted by molar-refractivity contribution is 6.05. The van der Waals surface area contributed by atoms with Gasteiger partial charge in [-0.25, -0.2) is 4.79 Å². The van der Waals surface area contributed by atoms with Crippen LogP contribution < -0.4 is 14.8 Å². The molecule has 0 aliphatic heterocycles. The number of aryl methyl sites for hydroxylation is 1. The van der Waals surface area contributed by atoms with Crippen LogP contribution in [0.5, 0.6) is 11.5 Å². The maximum atomic E-state index is 13.3. The summed E-state index contributed by atoms with van der Waals surface area (Å²) >= 11 is 0. The molecule has 9 heteroatoms. The number of carboxylic acid groups (broad SMARTS) is 1. The predicted molar refractivity (Wildman–Crippen MR) is 129 cm³/mol. The van der Waals surface area contributed by atoms with Crippen LogP contribution in [0.15, 0.2) is 54.6 Å². The van der Waals surface area contributed by atoms with Crippen molar-refractivity contribution in [3.63, 3.8) is 0 Å². The smallest absolute Gasteiger partial charge is 0.487 e. The van der Waals surface area contributed by atoms with Gasteiger partial charge in [0.1, 0.15) is 24.1 Å². The van der Waals surface area contributed by atoms with Crippen molar-refractivity contribution in [2.24, 2.45) is 5.41 Å². The molecule has 3 aromatic rings. The van der Waals surface area contributed by atoms with Gasteiger partial charge in [0.05, 0.1) is 5.56 Å². The van der Waals surface area contributed by atoms with Crippen LogP contribution in [-0.2, 0) is 11.4 Å². The lowest BCUT2D eigenvalue weighted by molar-refractivity contribution is -0.274. The number of benzene rings is 3. The molecule has 0 unspecified atom stereocenters. The number of carboxylic acids is 1. The van der Waals surface area contributed by atoms with Crippen LogP contribution in [0, 0.1) is 12.3 Å². The Morgan fingerprint density at radius 3 is 2.25 bits per heavy atom. The number of carbonyl (C=O) groups excluding carboxylic acids is 1. The van der Waals surface area contributed by atoms with Gasteiger partial charge in [0.2, 0.25) is 0 Å². The zero-order chi connectivity index (χ0) is 26.7. The Morgan fingerprint density at radius 1 is 1.03 bits per heavy atom. The average Bonchev–Trinajstić information content (AvgIpc) is 2.80. The number of fused-ring (bicyclic) bond motifs is 1. The molecule has 3 rings (SSSR count). The van der Waals surface area contributed by atoms with E-state index in [2.05, 4.69) is 10.1 Å². The summed E-state index contributed by atoms with van der Waals surface area (Å²) in [6.45, 7) is 7.22. The Balaban J connectivity index is 1.94. The van der Waals surface area contributed by atoms with Crippen molar-refractivity contribution in [1.29, 1.82) is 0 Å². The highest BCUT2D eigenvalue weighted by atomic mass is 19.4. The summed E-state index contributed by atoms with van der Waals surface area (Å²) in [6.07, 6.45) is -4.26. The normalized spacial score (nSPS) is 12.8. The van der Waals surface area contributed by atoms with Gasteiger partial charge in [-0.1, -0.05) is 56.7 Å². The minimum Gasteiger partial charge on any atom is -0.487 e. The summed E-state index contributed by atoms with van der Waals surface area (Å²) in [5.74, 6) is -1.85. The van der Waals surface area contributed by atoms with Gasteiger partial charge in [-0.3, -0.25) is 4.79 Å². The number of hydrogen-bond acceptors (Lipinski definition) is 4. The third-order valence-corrected chi connectivity index (χ3v) is 6.13. The van der Waals surface area contributed by atoms with Crippen LogP contribution in [0.25, 0.3) is 10.8 Å². The number of rotatable bonds is 9. The zero-order valence-corrected chi connectivity index (χ0v) is 20.4. The van der Waals surface area contributed by atoms with E-state index < -0.39 is 29.7 Å². The molecule has 0 heterocycles. The fourth-order valence-corrected chi connectivity index (χ4v) is 3.69. The van der Waals surface area contributed by atoms with Crippen molar-refractivity contribution in [2.45, 2.75) is 53.1 Å². The van der Waals surface area contributed by atoms with Crippen LogP contribution >= 0.6 is 0 Å². The van der Waals surface area contributed by atoms with Gasteiger partial charge < -0.3 is 19.9 Å². The topological polar surface area (TPSA) is 84.9 Å². The molecule has 0 bridgehead atoms. The van der Waals surface area contributed by atoms with Crippen molar-refractivity contribution < 1.29 is 37.3 Å². The molecule has 1 atom stereocenters. The number of aliphatic carboxylic acids is 1. The average molecular weight is 504 g/mol. The van der Waals surface area contributed by atoms with Crippen LogP contribution in [-0.4, -0.2) is 29.4 Å². The molecule has 0 aromatic heterocycles. The summed E-state index contributed by atoms with van der Waals surface area (Å²) in [7, 11) is 0. The Labute approximate surface area is 207 Å². The van der Waals surface area contributed by atoms with Gasteiger partial charge in [-0.2, -0.15) is 0 Å². The number of halogens is 3. The van der Waals surface area contributed by atoms with Gasteiger partial charge in [0, 0.05) is 5.39 Å². The number of hydrogen-bond donors (Lipinski definition) is 2. The van der Waals surface area contributed by atoms with Crippen LogP contribution in [0.3, 0.4) is 0 Å². The first-order valence-corrected chi connectivity index (χ1v) is 11.4. The lowest BCUT2D eigenvalue weighted by atomic mass is 9.81. The first-order chi connectivity index (χ1) is 16.8. The Bertz CT molecular complexity index is 1250. The van der Waals surface area contributed by atoms with Crippen LogP contribution in [0.4, 0.5) is 13.2 Å². The molecule has 0 saturated carbocycles. The standard InChI is InChI=1S/C27H28F3NO5/c1-5-26(3,4)23(25(33)34)31-24(32)20-13-10-18-9-6-16(2)14-21(18)22(20)35-15-17-7-11-19(12-8-17)36-27(28,29)30/h6-14,23H,5,15H2,1-4H3,(H,31,32)(H,33,34)/t23-/m0/s1. The van der Waals surface area contributed by atoms with Crippen molar-refractivity contribution >= 4 is 22.6 Å². The van der Waals surface area contributed by atoms with E-state index in [4.69, 9.17) is 4.74 Å². The quantitative estimate of drug-likeness (QED) is 0.361. The zero-order valence-electron chi connectivity index (χ0n) is 20.4. The number of amides is 1. The highest BCUT2D eigenvalue weighted by Crippen LogP contribution is 2.33. The van der Waals surface area contributed by atoms with E-state index in [0.29, 0.717) is 17.4 Å². The molecule has 2 N–H and O–H groups in total. The molecule has 6 nitrogen and oxygen atoms in total. The number of carbonyl (C=O) groups is 2. The monoisotopic (exact) mass is 503 g/mol. The summed E-state index contributed by atoms with van der Waals surface area (Å²) < 4.78 is 47.2. The van der Waals surface area contributed by atoms with E-state index in [0.717, 1.165) is 10.9 Å². The van der Waals surface area contributed by atoms with Gasteiger partial charge >= 0.3 is 12.3 Å². The molecule has 0 spiro atoms. The minimum absolute atomic E-state index is 0.0392. The Kier molecular flexibility index (Phi) is 7.81. The van der Waals surface area contributed by atoms with E-state index in [1.807, 2.05) is 32.0 Å². The second-order valence-corrected chi connectivity index (χ2v) is 9.23. The first-order valence-electron chi connectivity index (χ1n) is 11.4. The lowest BCUT2D eigenvalue weighted by Crippen LogP contribution is -2.50. The molecular formula is C27H28F3NO5. The number of alkyl halides is 3. The molecule has 0 saturated heterocycles. The second-order valence-electron chi connectivity index (χ2n) is 9.23. The molecule has 0 aliphatic carbocycles. The molecule has 0 fully saturated rings. The molecular weight excluding hydrogens is 475 g/mol. The Hall–Kier alpha value is -3.75. The summed E-state index contributed by atoms with van der Waals surface area (Å²) in [5.41, 5.74) is 0.935. The summed E-state index contributed by atoms with van der Waals surface area (Å²) in [4.78, 5) is 25.2. The van der Waals surface area contributed by atoms with Crippen molar-refractivity contribution in [3.8, 4) is 11.5 Å². The number of nitrogens with one attached hydrogen (secondary N) is 1. The SMILES string of the molecule is CCC(C)(C)[C@@H](NC(=O)c1ccc2ccc(C)cc2c1OCc1ccc(OC(F)(F)F)cc1)C(=O)O. The third kappa shape index (κ3) is 6.47. The third-order valence-electron chi connectivity index (χ3n) is 6.13. The van der Waals surface area contributed by atoms with E-state index in [1.165, 1.54) is 24.3 Å². The van der Waals surface area contributed by atoms with Gasteiger partial charge in [0.15, 0.2) is 0 Å². The second kappa shape index (κ2) is 10.5. The van der Waals surface area contributed by atoms with Crippen LogP contribution in [0.1, 0.15) is 48.7 Å². The van der Waals surface area contributed by atoms with E-state index in [1.54, 1.807) is 26.0 Å². The Morgan fingerprint density at radius 2 is 1.67 bits per heavy atom. The number of ether oxygens (including phenoxy) is 2. The van der Waals surface area contributed by atoms with Crippen LogP contribution in [0.2, 0.25) is 0 Å². The largest absolute Gasteiger partial charge is 0.573 e. The molecule has 0 aliphatic rings. The highest BCUT2D eigenvalue weighted by Gasteiger charge is 2.36.